The summed E-state index contributed by atoms with van der Waals surface area (Å²) in [6.07, 6.45) is -2.50. The average molecular weight is 215 g/mol. The first-order chi connectivity index (χ1) is 7.13. The molecular formula is C10H11F2NO2. The highest BCUT2D eigenvalue weighted by molar-refractivity contribution is 5.98. The van der Waals surface area contributed by atoms with Crippen LogP contribution in [-0.2, 0) is 0 Å². The van der Waals surface area contributed by atoms with Crippen molar-refractivity contribution in [1.82, 2.24) is 0 Å². The van der Waals surface area contributed by atoms with Crippen LogP contribution in [0.4, 0.5) is 8.78 Å². The predicted octanol–water partition coefficient (Wildman–Crippen LogP) is 2.53. The molecule has 15 heavy (non-hydrogen) atoms. The molecule has 0 heterocycles. The lowest BCUT2D eigenvalue weighted by molar-refractivity contribution is 0.0819. The van der Waals surface area contributed by atoms with Gasteiger partial charge in [-0.05, 0) is 19.1 Å². The maximum Gasteiger partial charge on any atom is 0.272 e. The molecule has 1 rings (SSSR count). The van der Waals surface area contributed by atoms with E-state index in [4.69, 9.17) is 9.94 Å². The highest BCUT2D eigenvalue weighted by atomic mass is 19.3. The van der Waals surface area contributed by atoms with Crippen LogP contribution in [-0.4, -0.2) is 24.0 Å². The summed E-state index contributed by atoms with van der Waals surface area (Å²) in [4.78, 5) is 0. The van der Waals surface area contributed by atoms with Crippen LogP contribution in [0.25, 0.3) is 0 Å². The molecule has 3 nitrogen and oxygen atoms in total. The molecule has 0 aliphatic rings. The molecule has 1 N–H and O–H groups in total. The molecule has 0 aromatic heterocycles. The van der Waals surface area contributed by atoms with Crippen molar-refractivity contribution in [2.45, 2.75) is 13.3 Å². The highest BCUT2D eigenvalue weighted by Crippen LogP contribution is 2.14. The smallest absolute Gasteiger partial charge is 0.272 e. The van der Waals surface area contributed by atoms with E-state index in [2.05, 4.69) is 5.16 Å². The fourth-order valence-electron chi connectivity index (χ4n) is 1.03. The van der Waals surface area contributed by atoms with Crippen LogP contribution < -0.4 is 4.74 Å². The third-order valence-electron chi connectivity index (χ3n) is 1.78. The van der Waals surface area contributed by atoms with E-state index in [9.17, 15) is 8.78 Å². The molecule has 0 aliphatic carbocycles. The molecule has 82 valence electrons. The number of benzene rings is 1. The van der Waals surface area contributed by atoms with Crippen molar-refractivity contribution in [2.75, 3.05) is 6.61 Å². The second kappa shape index (κ2) is 5.29. The summed E-state index contributed by atoms with van der Waals surface area (Å²) >= 11 is 0. The van der Waals surface area contributed by atoms with Gasteiger partial charge in [-0.25, -0.2) is 8.78 Å². The predicted molar refractivity (Wildman–Crippen MR) is 51.9 cm³/mol. The summed E-state index contributed by atoms with van der Waals surface area (Å²) in [5.74, 6) is 0.329. The molecule has 0 fully saturated rings. The first kappa shape index (κ1) is 11.4. The molecule has 0 unspecified atom stereocenters. The standard InChI is InChI=1S/C10H11F2NO2/c1-7(13-14)8-3-2-4-9(5-8)15-6-10(11)12/h2-5,10,14H,6H2,1H3/b13-7+. The van der Waals surface area contributed by atoms with Gasteiger partial charge in [0.15, 0.2) is 0 Å². The number of nitrogens with zero attached hydrogens (tertiary/aromatic N) is 1. The number of halogens is 2. The molecule has 0 spiro atoms. The van der Waals surface area contributed by atoms with Gasteiger partial charge < -0.3 is 9.94 Å². The van der Waals surface area contributed by atoms with Crippen LogP contribution in [0.3, 0.4) is 0 Å². The van der Waals surface area contributed by atoms with Gasteiger partial charge in [0.2, 0.25) is 0 Å². The van der Waals surface area contributed by atoms with Gasteiger partial charge in [0.25, 0.3) is 6.43 Å². The average Bonchev–Trinajstić information content (AvgIpc) is 2.25. The Bertz CT molecular complexity index is 353. The Labute approximate surface area is 86.0 Å². The Hall–Kier alpha value is -1.65. The molecular weight excluding hydrogens is 204 g/mol. The quantitative estimate of drug-likeness (QED) is 0.476. The van der Waals surface area contributed by atoms with Crippen LogP contribution in [0, 0.1) is 0 Å². The van der Waals surface area contributed by atoms with Crippen LogP contribution in [0.1, 0.15) is 12.5 Å². The minimum Gasteiger partial charge on any atom is -0.488 e. The molecule has 5 heteroatoms. The molecule has 0 amide bonds. The van der Waals surface area contributed by atoms with Gasteiger partial charge in [0.05, 0.1) is 5.71 Å². The van der Waals surface area contributed by atoms with Crippen LogP contribution >= 0.6 is 0 Å². The molecule has 0 saturated heterocycles. The lowest BCUT2D eigenvalue weighted by Gasteiger charge is -2.06. The number of alkyl halides is 2. The molecule has 0 saturated carbocycles. The molecule has 0 atom stereocenters. The summed E-state index contributed by atoms with van der Waals surface area (Å²) in [6.45, 7) is 0.963. The summed E-state index contributed by atoms with van der Waals surface area (Å²) in [5, 5.41) is 11.5. The van der Waals surface area contributed by atoms with Gasteiger partial charge in [-0.2, -0.15) is 0 Å². The second-order valence-corrected chi connectivity index (χ2v) is 2.92. The third kappa shape index (κ3) is 3.53. The first-order valence-corrected chi connectivity index (χ1v) is 4.33. The van der Waals surface area contributed by atoms with E-state index in [0.29, 0.717) is 17.0 Å². The van der Waals surface area contributed by atoms with Crippen LogP contribution in [0.2, 0.25) is 0 Å². The Morgan fingerprint density at radius 1 is 1.53 bits per heavy atom. The lowest BCUT2D eigenvalue weighted by atomic mass is 10.1. The molecule has 0 radical (unpaired) electrons. The summed E-state index contributed by atoms with van der Waals surface area (Å²) < 4.78 is 28.5. The van der Waals surface area contributed by atoms with E-state index < -0.39 is 13.0 Å². The maximum atomic E-state index is 11.9. The normalized spacial score (nSPS) is 11.9. The van der Waals surface area contributed by atoms with E-state index in [-0.39, 0.29) is 0 Å². The van der Waals surface area contributed by atoms with Crippen LogP contribution in [0.15, 0.2) is 29.4 Å². The minimum atomic E-state index is -2.50. The zero-order valence-electron chi connectivity index (χ0n) is 8.15. The van der Waals surface area contributed by atoms with Crippen molar-refractivity contribution in [2.24, 2.45) is 5.16 Å². The van der Waals surface area contributed by atoms with Gasteiger partial charge in [0.1, 0.15) is 12.4 Å². The Morgan fingerprint density at radius 3 is 2.87 bits per heavy atom. The van der Waals surface area contributed by atoms with Crippen molar-refractivity contribution < 1.29 is 18.7 Å². The first-order valence-electron chi connectivity index (χ1n) is 4.33. The van der Waals surface area contributed by atoms with Crippen LogP contribution in [0.5, 0.6) is 5.75 Å². The highest BCUT2D eigenvalue weighted by Gasteiger charge is 2.04. The summed E-state index contributed by atoms with van der Waals surface area (Å²) in [7, 11) is 0. The zero-order valence-corrected chi connectivity index (χ0v) is 8.15. The third-order valence-corrected chi connectivity index (χ3v) is 1.78. The lowest BCUT2D eigenvalue weighted by Crippen LogP contribution is -2.07. The number of hydrogen-bond acceptors (Lipinski definition) is 3. The molecule has 0 bridgehead atoms. The van der Waals surface area contributed by atoms with Crippen molar-refractivity contribution in [3.8, 4) is 5.75 Å². The number of oxime groups is 1. The Balaban J connectivity index is 2.74. The zero-order chi connectivity index (χ0) is 11.3. The fraction of sp³-hybridized carbons (Fsp3) is 0.300. The Morgan fingerprint density at radius 2 is 2.27 bits per heavy atom. The second-order valence-electron chi connectivity index (χ2n) is 2.92. The van der Waals surface area contributed by atoms with Gasteiger partial charge in [-0.15, -0.1) is 0 Å². The molecule has 0 aliphatic heterocycles. The largest absolute Gasteiger partial charge is 0.488 e. The fourth-order valence-corrected chi connectivity index (χ4v) is 1.03. The monoisotopic (exact) mass is 215 g/mol. The van der Waals surface area contributed by atoms with Crippen molar-refractivity contribution >= 4 is 5.71 Å². The topological polar surface area (TPSA) is 41.8 Å². The van der Waals surface area contributed by atoms with Crippen molar-refractivity contribution in [3.05, 3.63) is 29.8 Å². The maximum absolute atomic E-state index is 11.9. The SMILES string of the molecule is C/C(=N\O)c1cccc(OCC(F)F)c1. The van der Waals surface area contributed by atoms with Gasteiger partial charge in [0, 0.05) is 5.56 Å². The number of ether oxygens (including phenoxy) is 1. The van der Waals surface area contributed by atoms with E-state index in [1.807, 2.05) is 0 Å². The number of rotatable bonds is 4. The molecule has 1 aromatic rings. The van der Waals surface area contributed by atoms with Crippen molar-refractivity contribution in [3.63, 3.8) is 0 Å². The van der Waals surface area contributed by atoms with Crippen molar-refractivity contribution in [1.29, 1.82) is 0 Å². The summed E-state index contributed by atoms with van der Waals surface area (Å²) in [5.41, 5.74) is 1.03. The summed E-state index contributed by atoms with van der Waals surface area (Å²) in [6, 6.07) is 6.45. The van der Waals surface area contributed by atoms with E-state index in [1.54, 1.807) is 25.1 Å². The van der Waals surface area contributed by atoms with Gasteiger partial charge in [-0.1, -0.05) is 17.3 Å². The Kier molecular flexibility index (Phi) is 4.03. The van der Waals surface area contributed by atoms with Gasteiger partial charge >= 0.3 is 0 Å². The molecule has 1 aromatic carbocycles. The van der Waals surface area contributed by atoms with E-state index >= 15 is 0 Å². The van der Waals surface area contributed by atoms with E-state index in [1.165, 1.54) is 6.07 Å². The van der Waals surface area contributed by atoms with E-state index in [0.717, 1.165) is 0 Å². The van der Waals surface area contributed by atoms with Gasteiger partial charge in [-0.3, -0.25) is 0 Å². The minimum absolute atomic E-state index is 0.329. The number of hydrogen-bond donors (Lipinski definition) is 1.